The van der Waals surface area contributed by atoms with Crippen molar-refractivity contribution in [2.75, 3.05) is 20.9 Å². The van der Waals surface area contributed by atoms with Crippen LogP contribution in [-0.2, 0) is 6.54 Å². The molecule has 0 unspecified atom stereocenters. The molecule has 222 valence electrons. The topological polar surface area (TPSA) is 171 Å². The SMILES string of the molecule is Cc1ccc(NC(=O)Nc2ccc3[nH]c(=O)[nH]c3c2)c(CN(C(=O)Nc2ccc3[nH]c(=O)[nH]c3c2)c2cc(Cl)cc(Cl)c2)c1. The third kappa shape index (κ3) is 6.31. The second kappa shape index (κ2) is 11.7. The van der Waals surface area contributed by atoms with E-state index in [1.54, 1.807) is 60.7 Å². The molecule has 4 aromatic carbocycles. The molecule has 0 spiro atoms. The third-order valence-corrected chi connectivity index (χ3v) is 7.22. The van der Waals surface area contributed by atoms with Crippen molar-refractivity contribution in [1.29, 1.82) is 0 Å². The second-order valence-electron chi connectivity index (χ2n) is 10.1. The number of anilines is 4. The van der Waals surface area contributed by atoms with Crippen LogP contribution in [0.4, 0.5) is 32.3 Å². The fraction of sp³-hybridized carbons (Fsp3) is 0.0667. The molecule has 0 fully saturated rings. The van der Waals surface area contributed by atoms with E-state index >= 15 is 0 Å². The third-order valence-electron chi connectivity index (χ3n) is 6.78. The average Bonchev–Trinajstić information content (AvgIpc) is 3.52. The Morgan fingerprint density at radius 3 is 1.86 bits per heavy atom. The standard InChI is InChI=1S/C30H24Cl2N8O4/c1-15-2-5-22(35-27(41)33-19-3-6-23-25(12-19)38-28(42)36-23)16(8-15)14-40(21-10-17(31)9-18(32)11-21)30(44)34-20-4-7-24-26(13-20)39-29(43)37-24/h2-13H,14H2,1H3,(H,34,44)(H2,33,35,41)(H2,36,38,42)(H2,37,39,43). The van der Waals surface area contributed by atoms with Crippen molar-refractivity contribution >= 4 is 80.1 Å². The largest absolute Gasteiger partial charge is 0.326 e. The molecule has 0 atom stereocenters. The smallest absolute Gasteiger partial charge is 0.308 e. The molecule has 2 heterocycles. The van der Waals surface area contributed by atoms with Crippen molar-refractivity contribution in [3.8, 4) is 0 Å². The highest BCUT2D eigenvalue weighted by molar-refractivity contribution is 6.35. The molecule has 14 heteroatoms. The fourth-order valence-corrected chi connectivity index (χ4v) is 5.33. The average molecular weight is 631 g/mol. The maximum atomic E-state index is 13.8. The van der Waals surface area contributed by atoms with Gasteiger partial charge in [0.1, 0.15) is 0 Å². The predicted molar refractivity (Wildman–Crippen MR) is 173 cm³/mol. The van der Waals surface area contributed by atoms with Crippen LogP contribution in [0.5, 0.6) is 0 Å². The Morgan fingerprint density at radius 1 is 0.682 bits per heavy atom. The Hall–Kier alpha value is -5.46. The van der Waals surface area contributed by atoms with Gasteiger partial charge in [0.15, 0.2) is 0 Å². The van der Waals surface area contributed by atoms with E-state index in [0.29, 0.717) is 60.4 Å². The molecule has 0 radical (unpaired) electrons. The zero-order chi connectivity index (χ0) is 31.0. The number of benzene rings is 4. The Balaban J connectivity index is 1.28. The van der Waals surface area contributed by atoms with Crippen LogP contribution >= 0.6 is 23.2 Å². The van der Waals surface area contributed by atoms with Crippen LogP contribution in [0, 0.1) is 6.92 Å². The van der Waals surface area contributed by atoms with Crippen molar-refractivity contribution in [1.82, 2.24) is 19.9 Å². The first-order valence-electron chi connectivity index (χ1n) is 13.3. The minimum Gasteiger partial charge on any atom is -0.308 e. The maximum absolute atomic E-state index is 13.8. The number of H-pyrrole nitrogens is 4. The molecule has 6 rings (SSSR count). The molecule has 4 amide bonds. The van der Waals surface area contributed by atoms with Crippen molar-refractivity contribution in [3.05, 3.63) is 115 Å². The summed E-state index contributed by atoms with van der Waals surface area (Å²) in [5.41, 5.74) is 4.90. The lowest BCUT2D eigenvalue weighted by Gasteiger charge is -2.25. The molecule has 0 saturated heterocycles. The summed E-state index contributed by atoms with van der Waals surface area (Å²) in [5, 5.41) is 9.14. The number of imidazole rings is 2. The quantitative estimate of drug-likeness (QED) is 0.111. The Morgan fingerprint density at radius 2 is 1.25 bits per heavy atom. The molecule has 6 aromatic rings. The van der Waals surface area contributed by atoms with Gasteiger partial charge in [-0.25, -0.2) is 19.2 Å². The van der Waals surface area contributed by atoms with E-state index in [0.717, 1.165) is 5.56 Å². The number of carbonyl (C=O) groups excluding carboxylic acids is 2. The number of rotatable bonds is 6. The van der Waals surface area contributed by atoms with Gasteiger partial charge in [-0.05, 0) is 73.2 Å². The number of urea groups is 2. The van der Waals surface area contributed by atoms with Crippen molar-refractivity contribution in [2.45, 2.75) is 13.5 Å². The summed E-state index contributed by atoms with van der Waals surface area (Å²) >= 11 is 12.6. The molecule has 0 saturated carbocycles. The van der Waals surface area contributed by atoms with Crippen LogP contribution in [0.15, 0.2) is 82.4 Å². The van der Waals surface area contributed by atoms with E-state index in [9.17, 15) is 19.2 Å². The van der Waals surface area contributed by atoms with E-state index < -0.39 is 12.1 Å². The predicted octanol–water partition coefficient (Wildman–Crippen LogP) is 6.52. The number of carbonyl (C=O) groups is 2. The lowest BCUT2D eigenvalue weighted by Crippen LogP contribution is -2.35. The maximum Gasteiger partial charge on any atom is 0.326 e. The number of aryl methyl sites for hydroxylation is 1. The van der Waals surface area contributed by atoms with Gasteiger partial charge in [0.05, 0.1) is 28.6 Å². The molecule has 0 aliphatic rings. The first-order chi connectivity index (χ1) is 21.1. The van der Waals surface area contributed by atoms with Crippen molar-refractivity contribution < 1.29 is 9.59 Å². The van der Waals surface area contributed by atoms with Gasteiger partial charge in [-0.15, -0.1) is 0 Å². The number of halogens is 2. The Labute approximate surface area is 258 Å². The summed E-state index contributed by atoms with van der Waals surface area (Å²) in [6.45, 7) is 1.92. The molecule has 0 bridgehead atoms. The van der Waals surface area contributed by atoms with Gasteiger partial charge in [0, 0.05) is 32.8 Å². The Bertz CT molecular complexity index is 2160. The number of nitrogens with zero attached hydrogens (tertiary/aromatic N) is 1. The summed E-state index contributed by atoms with van der Waals surface area (Å²) in [5.74, 6) is 0. The number of amides is 4. The fourth-order valence-electron chi connectivity index (χ4n) is 4.82. The molecule has 0 aliphatic carbocycles. The lowest BCUT2D eigenvalue weighted by molar-refractivity contribution is 0.256. The summed E-state index contributed by atoms with van der Waals surface area (Å²) < 4.78 is 0. The molecule has 0 aliphatic heterocycles. The first kappa shape index (κ1) is 28.6. The number of aromatic nitrogens is 4. The minimum absolute atomic E-state index is 0.0274. The highest BCUT2D eigenvalue weighted by atomic mass is 35.5. The number of aromatic amines is 4. The highest BCUT2D eigenvalue weighted by Crippen LogP contribution is 2.30. The zero-order valence-electron chi connectivity index (χ0n) is 23.0. The van der Waals surface area contributed by atoms with Gasteiger partial charge in [0.2, 0.25) is 0 Å². The molecule has 12 nitrogen and oxygen atoms in total. The van der Waals surface area contributed by atoms with E-state index in [-0.39, 0.29) is 17.9 Å². The van der Waals surface area contributed by atoms with Crippen molar-refractivity contribution in [2.24, 2.45) is 0 Å². The van der Waals surface area contributed by atoms with Crippen LogP contribution in [0.2, 0.25) is 10.0 Å². The van der Waals surface area contributed by atoms with Gasteiger partial charge in [-0.1, -0.05) is 40.9 Å². The van der Waals surface area contributed by atoms with E-state index in [4.69, 9.17) is 23.2 Å². The van der Waals surface area contributed by atoms with Crippen LogP contribution < -0.4 is 32.2 Å². The first-order valence-corrected chi connectivity index (χ1v) is 14.0. The van der Waals surface area contributed by atoms with Gasteiger partial charge >= 0.3 is 23.4 Å². The number of nitrogens with one attached hydrogen (secondary N) is 7. The van der Waals surface area contributed by atoms with Crippen LogP contribution in [0.3, 0.4) is 0 Å². The van der Waals surface area contributed by atoms with Crippen LogP contribution in [0.1, 0.15) is 11.1 Å². The molecule has 2 aromatic heterocycles. The summed E-state index contributed by atoms with van der Waals surface area (Å²) in [7, 11) is 0. The molecule has 44 heavy (non-hydrogen) atoms. The number of hydrogen-bond acceptors (Lipinski definition) is 4. The highest BCUT2D eigenvalue weighted by Gasteiger charge is 2.21. The van der Waals surface area contributed by atoms with E-state index in [2.05, 4.69) is 35.9 Å². The van der Waals surface area contributed by atoms with Gasteiger partial charge in [-0.2, -0.15) is 0 Å². The van der Waals surface area contributed by atoms with E-state index in [1.165, 1.54) is 4.90 Å². The Kier molecular flexibility index (Phi) is 7.60. The summed E-state index contributed by atoms with van der Waals surface area (Å²) in [6.07, 6.45) is 0. The van der Waals surface area contributed by atoms with Gasteiger partial charge < -0.3 is 35.9 Å². The molecular formula is C30H24Cl2N8O4. The van der Waals surface area contributed by atoms with Crippen LogP contribution in [-0.4, -0.2) is 32.0 Å². The summed E-state index contributed by atoms with van der Waals surface area (Å²) in [4.78, 5) is 62.2. The lowest BCUT2D eigenvalue weighted by atomic mass is 10.1. The second-order valence-corrected chi connectivity index (χ2v) is 10.9. The van der Waals surface area contributed by atoms with Crippen molar-refractivity contribution in [3.63, 3.8) is 0 Å². The zero-order valence-corrected chi connectivity index (χ0v) is 24.5. The normalized spacial score (nSPS) is 11.1. The summed E-state index contributed by atoms with van der Waals surface area (Å²) in [6, 6.07) is 19.1. The van der Waals surface area contributed by atoms with E-state index in [1.807, 2.05) is 19.1 Å². The molecule has 7 N–H and O–H groups in total. The number of hydrogen-bond donors (Lipinski definition) is 7. The minimum atomic E-state index is -0.525. The van der Waals surface area contributed by atoms with Gasteiger partial charge in [-0.3, -0.25) is 4.90 Å². The molecular weight excluding hydrogens is 607 g/mol. The number of fused-ring (bicyclic) bond motifs is 2. The monoisotopic (exact) mass is 630 g/mol. The van der Waals surface area contributed by atoms with Crippen LogP contribution in [0.25, 0.3) is 22.1 Å². The van der Waals surface area contributed by atoms with Gasteiger partial charge in [0.25, 0.3) is 0 Å².